The van der Waals surface area contributed by atoms with Crippen LogP contribution in [0.1, 0.15) is 0 Å². The normalized spacial score (nSPS) is 20.8. The zero-order valence-electron chi connectivity index (χ0n) is 7.04. The van der Waals surface area contributed by atoms with Crippen LogP contribution in [0.2, 0.25) is 0 Å². The monoisotopic (exact) mass is 196 g/mol. The van der Waals surface area contributed by atoms with Crippen molar-refractivity contribution in [3.8, 4) is 0 Å². The fraction of sp³-hybridized carbons (Fsp3) is 1.00. The van der Waals surface area contributed by atoms with Gasteiger partial charge in [0.05, 0.1) is 19.3 Å². The minimum atomic E-state index is -1.56. The number of aliphatic hydroxyl groups is 5. The second kappa shape index (κ2) is 6.22. The Morgan fingerprint density at radius 3 is 1.85 bits per heavy atom. The van der Waals surface area contributed by atoms with Crippen LogP contribution >= 0.6 is 0 Å². The van der Waals surface area contributed by atoms with Crippen molar-refractivity contribution in [3.05, 3.63) is 0 Å². The summed E-state index contributed by atoms with van der Waals surface area (Å²) in [4.78, 5) is 0. The van der Waals surface area contributed by atoms with E-state index in [0.717, 1.165) is 0 Å². The molecule has 0 rings (SSSR count). The largest absolute Gasteiger partial charge is 0.395 e. The van der Waals surface area contributed by atoms with Crippen LogP contribution in [0.25, 0.3) is 0 Å². The number of hydrazine groups is 1. The summed E-state index contributed by atoms with van der Waals surface area (Å²) in [5.74, 6) is 4.94. The minimum Gasteiger partial charge on any atom is -0.395 e. The molecule has 0 heterocycles. The van der Waals surface area contributed by atoms with E-state index in [-0.39, 0.29) is 0 Å². The molecule has 0 saturated heterocycles. The van der Waals surface area contributed by atoms with Crippen LogP contribution in [-0.4, -0.2) is 63.1 Å². The van der Waals surface area contributed by atoms with Crippen molar-refractivity contribution >= 4 is 0 Å². The fourth-order valence-corrected chi connectivity index (χ4v) is 0.833. The highest BCUT2D eigenvalue weighted by atomic mass is 16.4. The highest BCUT2D eigenvalue weighted by Gasteiger charge is 2.29. The fourth-order valence-electron chi connectivity index (χ4n) is 0.833. The first-order valence-electron chi connectivity index (χ1n) is 3.80. The summed E-state index contributed by atoms with van der Waals surface area (Å²) in [6.07, 6.45) is -4.47. The molecule has 7 nitrogen and oxygen atoms in total. The Morgan fingerprint density at radius 2 is 1.54 bits per heavy atom. The van der Waals surface area contributed by atoms with Gasteiger partial charge in [-0.3, -0.25) is 11.3 Å². The molecule has 4 atom stereocenters. The van der Waals surface area contributed by atoms with Crippen LogP contribution in [-0.2, 0) is 0 Å². The predicted octanol–water partition coefficient (Wildman–Crippen LogP) is -4.11. The molecule has 0 aliphatic carbocycles. The Hall–Kier alpha value is -0.280. The van der Waals surface area contributed by atoms with Crippen LogP contribution in [0, 0.1) is 0 Å². The third-order valence-electron chi connectivity index (χ3n) is 1.75. The lowest BCUT2D eigenvalue weighted by molar-refractivity contribution is -0.0916. The van der Waals surface area contributed by atoms with Crippen LogP contribution in [0.3, 0.4) is 0 Å². The molecule has 80 valence electrons. The SMILES string of the molecule is NNC(CO)C(O)C(O)C(O)CO. The van der Waals surface area contributed by atoms with Gasteiger partial charge in [-0.2, -0.15) is 0 Å². The molecule has 0 spiro atoms. The second-order valence-corrected chi connectivity index (χ2v) is 2.69. The number of nitrogens with two attached hydrogens (primary N) is 1. The molecular weight excluding hydrogens is 180 g/mol. The topological polar surface area (TPSA) is 139 Å². The summed E-state index contributed by atoms with van der Waals surface area (Å²) < 4.78 is 0. The van der Waals surface area contributed by atoms with Gasteiger partial charge in [0, 0.05) is 0 Å². The van der Waals surface area contributed by atoms with Crippen molar-refractivity contribution in [2.75, 3.05) is 13.2 Å². The number of nitrogens with one attached hydrogen (secondary N) is 1. The molecule has 8 N–H and O–H groups in total. The Balaban J connectivity index is 4.13. The number of rotatable bonds is 6. The highest BCUT2D eigenvalue weighted by Crippen LogP contribution is 2.03. The average Bonchev–Trinajstić information content (AvgIpc) is 2.17. The molecule has 0 aromatic carbocycles. The van der Waals surface area contributed by atoms with Crippen molar-refractivity contribution < 1.29 is 25.5 Å². The smallest absolute Gasteiger partial charge is 0.110 e. The lowest BCUT2D eigenvalue weighted by Gasteiger charge is -2.26. The van der Waals surface area contributed by atoms with Crippen LogP contribution in [0.4, 0.5) is 0 Å². The number of hydrogen-bond acceptors (Lipinski definition) is 7. The summed E-state index contributed by atoms with van der Waals surface area (Å²) >= 11 is 0. The van der Waals surface area contributed by atoms with Gasteiger partial charge in [0.1, 0.15) is 18.3 Å². The van der Waals surface area contributed by atoms with Gasteiger partial charge in [-0.25, -0.2) is 0 Å². The summed E-state index contributed by atoms with van der Waals surface area (Å²) in [5.41, 5.74) is 2.06. The quantitative estimate of drug-likeness (QED) is 0.169. The van der Waals surface area contributed by atoms with Crippen molar-refractivity contribution in [3.63, 3.8) is 0 Å². The lowest BCUT2D eigenvalue weighted by atomic mass is 10.0. The van der Waals surface area contributed by atoms with Crippen LogP contribution in [0.15, 0.2) is 0 Å². The molecule has 0 aliphatic rings. The maximum Gasteiger partial charge on any atom is 0.110 e. The lowest BCUT2D eigenvalue weighted by Crippen LogP contribution is -2.54. The van der Waals surface area contributed by atoms with Gasteiger partial charge in [-0.1, -0.05) is 0 Å². The Morgan fingerprint density at radius 1 is 1.00 bits per heavy atom. The van der Waals surface area contributed by atoms with Crippen LogP contribution in [0.5, 0.6) is 0 Å². The molecule has 4 unspecified atom stereocenters. The van der Waals surface area contributed by atoms with Gasteiger partial charge in [-0.15, -0.1) is 0 Å². The molecule has 0 aromatic heterocycles. The third kappa shape index (κ3) is 3.53. The first-order chi connectivity index (χ1) is 6.08. The standard InChI is InChI=1S/C6H16N2O5/c7-8-3(1-9)5(12)6(13)4(11)2-10/h3-6,8-13H,1-2,7H2. The van der Waals surface area contributed by atoms with E-state index in [9.17, 15) is 5.11 Å². The van der Waals surface area contributed by atoms with Gasteiger partial charge in [0.15, 0.2) is 0 Å². The molecular formula is C6H16N2O5. The van der Waals surface area contributed by atoms with Crippen molar-refractivity contribution in [1.29, 1.82) is 0 Å². The first kappa shape index (κ1) is 12.7. The molecule has 0 saturated carbocycles. The molecule has 0 fully saturated rings. The average molecular weight is 196 g/mol. The third-order valence-corrected chi connectivity index (χ3v) is 1.75. The van der Waals surface area contributed by atoms with Crippen LogP contribution < -0.4 is 11.3 Å². The highest BCUT2D eigenvalue weighted by molar-refractivity contribution is 4.83. The number of aliphatic hydroxyl groups excluding tert-OH is 5. The van der Waals surface area contributed by atoms with Gasteiger partial charge in [-0.05, 0) is 0 Å². The van der Waals surface area contributed by atoms with E-state index in [1.165, 1.54) is 0 Å². The second-order valence-electron chi connectivity index (χ2n) is 2.69. The minimum absolute atomic E-state index is 0.493. The predicted molar refractivity (Wildman–Crippen MR) is 43.3 cm³/mol. The summed E-state index contributed by atoms with van der Waals surface area (Å²) in [6.45, 7) is -1.17. The summed E-state index contributed by atoms with van der Waals surface area (Å²) in [6, 6.07) is -0.948. The van der Waals surface area contributed by atoms with Crippen molar-refractivity contribution in [1.82, 2.24) is 5.43 Å². The zero-order valence-corrected chi connectivity index (χ0v) is 7.04. The van der Waals surface area contributed by atoms with E-state index in [1.54, 1.807) is 0 Å². The zero-order chi connectivity index (χ0) is 10.4. The molecule has 0 aromatic rings. The van der Waals surface area contributed by atoms with Gasteiger partial charge >= 0.3 is 0 Å². The van der Waals surface area contributed by atoms with Crippen molar-refractivity contribution in [2.45, 2.75) is 24.4 Å². The van der Waals surface area contributed by atoms with Gasteiger partial charge in [0.25, 0.3) is 0 Å². The van der Waals surface area contributed by atoms with E-state index in [2.05, 4.69) is 5.43 Å². The Bertz CT molecular complexity index is 132. The van der Waals surface area contributed by atoms with E-state index in [0.29, 0.717) is 0 Å². The van der Waals surface area contributed by atoms with Gasteiger partial charge in [0.2, 0.25) is 0 Å². The molecule has 0 radical (unpaired) electrons. The maximum absolute atomic E-state index is 9.26. The summed E-state index contributed by atoms with van der Waals surface area (Å²) in [5, 5.41) is 44.4. The number of hydrogen-bond donors (Lipinski definition) is 7. The van der Waals surface area contributed by atoms with E-state index < -0.39 is 37.6 Å². The Kier molecular flexibility index (Phi) is 6.08. The van der Waals surface area contributed by atoms with E-state index in [1.807, 2.05) is 0 Å². The van der Waals surface area contributed by atoms with E-state index >= 15 is 0 Å². The Labute approximate surface area is 75.4 Å². The summed E-state index contributed by atoms with van der Waals surface area (Å²) in [7, 11) is 0. The molecule has 13 heavy (non-hydrogen) atoms. The van der Waals surface area contributed by atoms with E-state index in [4.69, 9.17) is 26.3 Å². The molecule has 0 amide bonds. The van der Waals surface area contributed by atoms with Crippen molar-refractivity contribution in [2.24, 2.45) is 5.84 Å². The maximum atomic E-state index is 9.26. The molecule has 0 aliphatic heterocycles. The first-order valence-corrected chi connectivity index (χ1v) is 3.80. The molecule has 7 heteroatoms. The molecule has 0 bridgehead atoms. The van der Waals surface area contributed by atoms with Gasteiger partial charge < -0.3 is 25.5 Å².